The van der Waals surface area contributed by atoms with Crippen LogP contribution < -0.4 is 0 Å². The highest BCUT2D eigenvalue weighted by Gasteiger charge is 2.10. The van der Waals surface area contributed by atoms with Crippen LogP contribution in [0.2, 0.25) is 0 Å². The topological polar surface area (TPSA) is 39.4 Å². The van der Waals surface area contributed by atoms with Crippen LogP contribution in [0, 0.1) is 0 Å². The second kappa shape index (κ2) is 5.59. The Labute approximate surface area is 104 Å². The van der Waals surface area contributed by atoms with Crippen molar-refractivity contribution in [2.45, 2.75) is 10.6 Å². The van der Waals surface area contributed by atoms with Crippen molar-refractivity contribution in [1.29, 1.82) is 0 Å². The summed E-state index contributed by atoms with van der Waals surface area (Å²) in [6.45, 7) is 0. The summed E-state index contributed by atoms with van der Waals surface area (Å²) in [5, 5.41) is 0. The van der Waals surface area contributed by atoms with E-state index in [1.807, 2.05) is 30.3 Å². The minimum Gasteiger partial charge on any atom is -0.463 e. The highest BCUT2D eigenvalue weighted by Crippen LogP contribution is 2.23. The third-order valence-corrected chi connectivity index (χ3v) is 3.21. The van der Waals surface area contributed by atoms with Crippen LogP contribution in [0.3, 0.4) is 0 Å². The fraction of sp³-hybridized carbons (Fsp3) is 0.154. The number of furan rings is 1. The first kappa shape index (κ1) is 11.8. The lowest BCUT2D eigenvalue weighted by Crippen LogP contribution is -1.98. The molecule has 1 aromatic carbocycles. The van der Waals surface area contributed by atoms with Gasteiger partial charge in [0.05, 0.1) is 12.9 Å². The van der Waals surface area contributed by atoms with Gasteiger partial charge in [-0.15, -0.1) is 11.8 Å². The number of hydrogen-bond donors (Lipinski definition) is 0. The van der Waals surface area contributed by atoms with Gasteiger partial charge in [-0.2, -0.15) is 0 Å². The Hall–Kier alpha value is -1.68. The van der Waals surface area contributed by atoms with E-state index in [9.17, 15) is 4.79 Å². The van der Waals surface area contributed by atoms with Crippen LogP contribution in [0.15, 0.2) is 51.8 Å². The SMILES string of the molecule is COC(=O)c1ccc(CSc2ccccc2)o1. The van der Waals surface area contributed by atoms with Gasteiger partial charge in [0.1, 0.15) is 5.76 Å². The second-order valence-electron chi connectivity index (χ2n) is 3.36. The van der Waals surface area contributed by atoms with Gasteiger partial charge in [-0.25, -0.2) is 4.79 Å². The van der Waals surface area contributed by atoms with Crippen molar-refractivity contribution >= 4 is 17.7 Å². The van der Waals surface area contributed by atoms with Crippen molar-refractivity contribution in [1.82, 2.24) is 0 Å². The Balaban J connectivity index is 1.96. The molecule has 1 aromatic heterocycles. The predicted octanol–water partition coefficient (Wildman–Crippen LogP) is 3.36. The number of methoxy groups -OCH3 is 1. The summed E-state index contributed by atoms with van der Waals surface area (Å²) in [4.78, 5) is 12.3. The van der Waals surface area contributed by atoms with Gasteiger partial charge in [0.25, 0.3) is 0 Å². The fourth-order valence-corrected chi connectivity index (χ4v) is 2.15. The van der Waals surface area contributed by atoms with Crippen LogP contribution in [0.25, 0.3) is 0 Å². The molecule has 0 radical (unpaired) electrons. The minimum absolute atomic E-state index is 0.246. The maximum absolute atomic E-state index is 11.2. The summed E-state index contributed by atoms with van der Waals surface area (Å²) in [6.07, 6.45) is 0. The number of ether oxygens (including phenoxy) is 1. The molecular formula is C13H12O3S. The molecule has 0 bridgehead atoms. The van der Waals surface area contributed by atoms with Crippen LogP contribution in [-0.4, -0.2) is 13.1 Å². The zero-order valence-electron chi connectivity index (χ0n) is 9.38. The molecule has 0 aliphatic carbocycles. The average molecular weight is 248 g/mol. The summed E-state index contributed by atoms with van der Waals surface area (Å²) in [5.74, 6) is 1.26. The molecule has 0 spiro atoms. The van der Waals surface area contributed by atoms with Crippen molar-refractivity contribution in [3.63, 3.8) is 0 Å². The number of carbonyl (C=O) groups is 1. The van der Waals surface area contributed by atoms with Crippen molar-refractivity contribution in [3.8, 4) is 0 Å². The Kier molecular flexibility index (Phi) is 3.88. The molecule has 17 heavy (non-hydrogen) atoms. The monoisotopic (exact) mass is 248 g/mol. The molecule has 0 fully saturated rings. The zero-order chi connectivity index (χ0) is 12.1. The predicted molar refractivity (Wildman–Crippen MR) is 66.1 cm³/mol. The van der Waals surface area contributed by atoms with Gasteiger partial charge < -0.3 is 9.15 Å². The lowest BCUT2D eigenvalue weighted by Gasteiger charge is -1.98. The van der Waals surface area contributed by atoms with Crippen LogP contribution >= 0.6 is 11.8 Å². The van der Waals surface area contributed by atoms with E-state index in [4.69, 9.17) is 4.42 Å². The van der Waals surface area contributed by atoms with E-state index in [1.54, 1.807) is 23.9 Å². The summed E-state index contributed by atoms with van der Waals surface area (Å²) in [6, 6.07) is 13.5. The highest BCUT2D eigenvalue weighted by atomic mass is 32.2. The summed E-state index contributed by atoms with van der Waals surface area (Å²) < 4.78 is 9.94. The summed E-state index contributed by atoms with van der Waals surface area (Å²) in [7, 11) is 1.34. The first-order chi connectivity index (χ1) is 8.29. The van der Waals surface area contributed by atoms with Crippen LogP contribution in [0.4, 0.5) is 0 Å². The summed E-state index contributed by atoms with van der Waals surface area (Å²) >= 11 is 1.66. The van der Waals surface area contributed by atoms with Gasteiger partial charge in [-0.05, 0) is 24.3 Å². The Morgan fingerprint density at radius 1 is 1.24 bits per heavy atom. The van der Waals surface area contributed by atoms with E-state index >= 15 is 0 Å². The Morgan fingerprint density at radius 2 is 2.00 bits per heavy atom. The number of thioether (sulfide) groups is 1. The van der Waals surface area contributed by atoms with Gasteiger partial charge in [0.2, 0.25) is 5.76 Å². The van der Waals surface area contributed by atoms with Crippen LogP contribution in [0.1, 0.15) is 16.3 Å². The van der Waals surface area contributed by atoms with Gasteiger partial charge in [0.15, 0.2) is 0 Å². The first-order valence-corrected chi connectivity index (χ1v) is 6.13. The quantitative estimate of drug-likeness (QED) is 0.614. The van der Waals surface area contributed by atoms with Crippen molar-refractivity contribution < 1.29 is 13.9 Å². The number of carbonyl (C=O) groups excluding carboxylic acids is 1. The van der Waals surface area contributed by atoms with Crippen molar-refractivity contribution in [2.75, 3.05) is 7.11 Å². The van der Waals surface area contributed by atoms with Crippen molar-refractivity contribution in [3.05, 3.63) is 54.0 Å². The molecule has 0 N–H and O–H groups in total. The smallest absolute Gasteiger partial charge is 0.373 e. The Bertz CT molecular complexity index is 490. The van der Waals surface area contributed by atoms with Gasteiger partial charge in [-0.1, -0.05) is 18.2 Å². The highest BCUT2D eigenvalue weighted by molar-refractivity contribution is 7.98. The van der Waals surface area contributed by atoms with Gasteiger partial charge in [0, 0.05) is 4.90 Å². The lowest BCUT2D eigenvalue weighted by atomic mass is 10.4. The Morgan fingerprint density at radius 3 is 2.71 bits per heavy atom. The maximum Gasteiger partial charge on any atom is 0.373 e. The largest absolute Gasteiger partial charge is 0.463 e. The molecule has 0 unspecified atom stereocenters. The van der Waals surface area contributed by atoms with Gasteiger partial charge in [-0.3, -0.25) is 0 Å². The van der Waals surface area contributed by atoms with Crippen molar-refractivity contribution in [2.24, 2.45) is 0 Å². The molecule has 88 valence electrons. The molecule has 0 saturated heterocycles. The number of benzene rings is 1. The summed E-state index contributed by atoms with van der Waals surface area (Å²) in [5.41, 5.74) is 0. The van der Waals surface area contributed by atoms with E-state index in [1.165, 1.54) is 12.0 Å². The molecule has 2 rings (SSSR count). The number of hydrogen-bond acceptors (Lipinski definition) is 4. The van der Waals surface area contributed by atoms with Crippen LogP contribution in [-0.2, 0) is 10.5 Å². The number of rotatable bonds is 4. The van der Waals surface area contributed by atoms with Gasteiger partial charge >= 0.3 is 5.97 Å². The third-order valence-electron chi connectivity index (χ3n) is 2.17. The minimum atomic E-state index is -0.444. The standard InChI is InChI=1S/C13H12O3S/c1-15-13(14)12-8-7-10(16-12)9-17-11-5-3-2-4-6-11/h2-8H,9H2,1H3. The van der Waals surface area contributed by atoms with E-state index in [0.717, 1.165) is 5.76 Å². The maximum atomic E-state index is 11.2. The molecule has 3 nitrogen and oxygen atoms in total. The van der Waals surface area contributed by atoms with E-state index in [0.29, 0.717) is 5.75 Å². The molecule has 1 heterocycles. The fourth-order valence-electron chi connectivity index (χ4n) is 1.34. The van der Waals surface area contributed by atoms with Crippen LogP contribution in [0.5, 0.6) is 0 Å². The molecule has 0 amide bonds. The zero-order valence-corrected chi connectivity index (χ0v) is 10.2. The second-order valence-corrected chi connectivity index (χ2v) is 4.41. The molecule has 0 aliphatic heterocycles. The molecule has 0 aliphatic rings. The molecule has 4 heteroatoms. The molecule has 2 aromatic rings. The number of esters is 1. The first-order valence-electron chi connectivity index (χ1n) is 5.14. The normalized spacial score (nSPS) is 10.2. The average Bonchev–Trinajstić information content (AvgIpc) is 2.85. The van der Waals surface area contributed by atoms with E-state index in [2.05, 4.69) is 4.74 Å². The lowest BCUT2D eigenvalue weighted by molar-refractivity contribution is 0.0563. The molecule has 0 saturated carbocycles. The van der Waals surface area contributed by atoms with E-state index < -0.39 is 5.97 Å². The van der Waals surface area contributed by atoms with E-state index in [-0.39, 0.29) is 5.76 Å². The molecular weight excluding hydrogens is 236 g/mol. The molecule has 0 atom stereocenters. The third kappa shape index (κ3) is 3.14.